The lowest BCUT2D eigenvalue weighted by Gasteiger charge is -2.36. The van der Waals surface area contributed by atoms with E-state index in [1.54, 1.807) is 0 Å². The van der Waals surface area contributed by atoms with E-state index in [-0.39, 0.29) is 31.1 Å². The smallest absolute Gasteiger partial charge is 0.328 e. The van der Waals surface area contributed by atoms with Crippen molar-refractivity contribution in [3.8, 4) is 0 Å². The number of rotatable bonds is 2. The molecule has 3 atom stereocenters. The zero-order valence-corrected chi connectivity index (χ0v) is 11.2. The van der Waals surface area contributed by atoms with Gasteiger partial charge in [0.2, 0.25) is 5.91 Å². The molecule has 2 aliphatic rings. The second-order valence-corrected chi connectivity index (χ2v) is 5.29. The Morgan fingerprint density at radius 2 is 2.05 bits per heavy atom. The van der Waals surface area contributed by atoms with E-state index in [0.29, 0.717) is 0 Å². The maximum Gasteiger partial charge on any atom is 0.328 e. The highest BCUT2D eigenvalue weighted by atomic mass is 16.4. The van der Waals surface area contributed by atoms with Crippen LogP contribution in [0.15, 0.2) is 0 Å². The molecule has 1 aliphatic carbocycles. The van der Waals surface area contributed by atoms with Crippen LogP contribution in [-0.2, 0) is 9.59 Å². The summed E-state index contributed by atoms with van der Waals surface area (Å²) in [5.41, 5.74) is 5.95. The first-order chi connectivity index (χ1) is 9.49. The standard InChI is InChI=1S/C12H20N4O4/c13-7-3-1-2-4-8(7)15-12(20)16-6-10(17)14-5-9(16)11(18)19/h7-9H,1-6,13H2,(H,14,17)(H,15,20)(H,18,19). The summed E-state index contributed by atoms with van der Waals surface area (Å²) in [5.74, 6) is -1.49. The van der Waals surface area contributed by atoms with Gasteiger partial charge in [0.15, 0.2) is 0 Å². The zero-order chi connectivity index (χ0) is 14.7. The van der Waals surface area contributed by atoms with Crippen LogP contribution in [0.1, 0.15) is 25.7 Å². The van der Waals surface area contributed by atoms with Crippen molar-refractivity contribution in [2.24, 2.45) is 5.73 Å². The highest BCUT2D eigenvalue weighted by molar-refractivity contribution is 5.90. The maximum atomic E-state index is 12.2. The molecule has 0 aromatic heterocycles. The van der Waals surface area contributed by atoms with Crippen molar-refractivity contribution in [1.82, 2.24) is 15.5 Å². The van der Waals surface area contributed by atoms with Gasteiger partial charge in [-0.3, -0.25) is 9.69 Å². The number of carbonyl (C=O) groups excluding carboxylic acids is 2. The number of hydrogen-bond donors (Lipinski definition) is 4. The number of urea groups is 1. The molecule has 0 spiro atoms. The molecule has 0 radical (unpaired) electrons. The molecule has 0 aromatic rings. The third-order valence-corrected chi connectivity index (χ3v) is 3.86. The SMILES string of the molecule is NC1CCCCC1NC(=O)N1CC(=O)NCC1C(=O)O. The van der Waals surface area contributed by atoms with Gasteiger partial charge in [-0.15, -0.1) is 0 Å². The van der Waals surface area contributed by atoms with E-state index in [1.165, 1.54) is 0 Å². The van der Waals surface area contributed by atoms with Crippen LogP contribution in [0.5, 0.6) is 0 Å². The first-order valence-corrected chi connectivity index (χ1v) is 6.81. The molecule has 1 saturated heterocycles. The van der Waals surface area contributed by atoms with E-state index in [4.69, 9.17) is 10.8 Å². The monoisotopic (exact) mass is 284 g/mol. The van der Waals surface area contributed by atoms with E-state index < -0.39 is 18.0 Å². The Bertz CT molecular complexity index is 414. The summed E-state index contributed by atoms with van der Waals surface area (Å²) in [6.07, 6.45) is 3.65. The molecular formula is C12H20N4O4. The van der Waals surface area contributed by atoms with Crippen molar-refractivity contribution in [1.29, 1.82) is 0 Å². The second-order valence-electron chi connectivity index (χ2n) is 5.29. The average Bonchev–Trinajstić information content (AvgIpc) is 2.40. The van der Waals surface area contributed by atoms with Crippen LogP contribution in [0.4, 0.5) is 4.79 Å². The van der Waals surface area contributed by atoms with Crippen molar-refractivity contribution in [2.45, 2.75) is 43.8 Å². The van der Waals surface area contributed by atoms with Gasteiger partial charge in [0.25, 0.3) is 0 Å². The number of aliphatic carboxylic acids is 1. The van der Waals surface area contributed by atoms with Gasteiger partial charge in [0.1, 0.15) is 12.6 Å². The summed E-state index contributed by atoms with van der Waals surface area (Å²) in [6.45, 7) is -0.316. The van der Waals surface area contributed by atoms with Gasteiger partial charge in [0, 0.05) is 18.6 Å². The minimum absolute atomic E-state index is 0.0711. The van der Waals surface area contributed by atoms with Crippen molar-refractivity contribution < 1.29 is 19.5 Å². The van der Waals surface area contributed by atoms with Crippen molar-refractivity contribution >= 4 is 17.9 Å². The van der Waals surface area contributed by atoms with Gasteiger partial charge in [-0.2, -0.15) is 0 Å². The number of carboxylic acid groups (broad SMARTS) is 1. The van der Waals surface area contributed by atoms with Crippen LogP contribution in [0.3, 0.4) is 0 Å². The number of nitrogens with one attached hydrogen (secondary N) is 2. The Balaban J connectivity index is 2.01. The lowest BCUT2D eigenvalue weighted by Crippen LogP contribution is -2.63. The van der Waals surface area contributed by atoms with Crippen molar-refractivity contribution in [3.05, 3.63) is 0 Å². The molecule has 8 nitrogen and oxygen atoms in total. The number of carbonyl (C=O) groups is 3. The normalized spacial score (nSPS) is 30.6. The molecule has 3 unspecified atom stereocenters. The minimum atomic E-state index is -1.13. The van der Waals surface area contributed by atoms with Gasteiger partial charge in [-0.1, -0.05) is 12.8 Å². The molecule has 0 bridgehead atoms. The third kappa shape index (κ3) is 3.19. The lowest BCUT2D eigenvalue weighted by molar-refractivity contribution is -0.144. The summed E-state index contributed by atoms with van der Waals surface area (Å²) in [5, 5.41) is 14.3. The summed E-state index contributed by atoms with van der Waals surface area (Å²) in [4.78, 5) is 35.7. The van der Waals surface area contributed by atoms with Crippen molar-refractivity contribution in [2.75, 3.05) is 13.1 Å². The highest BCUT2D eigenvalue weighted by Crippen LogP contribution is 2.17. The summed E-state index contributed by atoms with van der Waals surface area (Å²) < 4.78 is 0. The van der Waals surface area contributed by atoms with E-state index in [1.807, 2.05) is 0 Å². The van der Waals surface area contributed by atoms with Crippen LogP contribution in [0.25, 0.3) is 0 Å². The fourth-order valence-corrected chi connectivity index (χ4v) is 2.66. The van der Waals surface area contributed by atoms with Gasteiger partial charge < -0.3 is 21.5 Å². The van der Waals surface area contributed by atoms with E-state index in [9.17, 15) is 14.4 Å². The molecule has 20 heavy (non-hydrogen) atoms. The molecular weight excluding hydrogens is 264 g/mol. The molecule has 1 aliphatic heterocycles. The number of nitrogens with zero attached hydrogens (tertiary/aromatic N) is 1. The molecule has 5 N–H and O–H groups in total. The van der Waals surface area contributed by atoms with E-state index in [2.05, 4.69) is 10.6 Å². The molecule has 112 valence electrons. The number of hydrogen-bond acceptors (Lipinski definition) is 4. The number of piperazine rings is 1. The van der Waals surface area contributed by atoms with Crippen LogP contribution >= 0.6 is 0 Å². The van der Waals surface area contributed by atoms with Gasteiger partial charge in [-0.25, -0.2) is 9.59 Å². The Morgan fingerprint density at radius 3 is 2.70 bits per heavy atom. The predicted molar refractivity (Wildman–Crippen MR) is 69.9 cm³/mol. The topological polar surface area (TPSA) is 125 Å². The molecule has 2 fully saturated rings. The first kappa shape index (κ1) is 14.6. The van der Waals surface area contributed by atoms with Gasteiger partial charge >= 0.3 is 12.0 Å². The number of amides is 3. The molecule has 8 heteroatoms. The largest absolute Gasteiger partial charge is 0.480 e. The Kier molecular flexibility index (Phi) is 4.43. The zero-order valence-electron chi connectivity index (χ0n) is 11.2. The third-order valence-electron chi connectivity index (χ3n) is 3.86. The maximum absolute atomic E-state index is 12.2. The van der Waals surface area contributed by atoms with Crippen LogP contribution in [0, 0.1) is 0 Å². The first-order valence-electron chi connectivity index (χ1n) is 6.81. The summed E-state index contributed by atoms with van der Waals surface area (Å²) >= 11 is 0. The average molecular weight is 284 g/mol. The van der Waals surface area contributed by atoms with E-state index >= 15 is 0 Å². The van der Waals surface area contributed by atoms with Crippen molar-refractivity contribution in [3.63, 3.8) is 0 Å². The second kappa shape index (κ2) is 6.08. The number of nitrogens with two attached hydrogens (primary N) is 1. The summed E-state index contributed by atoms with van der Waals surface area (Å²) in [7, 11) is 0. The van der Waals surface area contributed by atoms with Gasteiger partial charge in [0.05, 0.1) is 0 Å². The quantitative estimate of drug-likeness (QED) is 0.509. The molecule has 3 amide bonds. The molecule has 0 aromatic carbocycles. The van der Waals surface area contributed by atoms with Crippen LogP contribution < -0.4 is 16.4 Å². The highest BCUT2D eigenvalue weighted by Gasteiger charge is 2.36. The minimum Gasteiger partial charge on any atom is -0.480 e. The number of carboxylic acids is 1. The molecule has 2 rings (SSSR count). The lowest BCUT2D eigenvalue weighted by atomic mass is 9.91. The van der Waals surface area contributed by atoms with Gasteiger partial charge in [-0.05, 0) is 12.8 Å². The molecule has 1 heterocycles. The fraction of sp³-hybridized carbons (Fsp3) is 0.750. The predicted octanol–water partition coefficient (Wildman–Crippen LogP) is -1.15. The molecule has 1 saturated carbocycles. The van der Waals surface area contributed by atoms with E-state index in [0.717, 1.165) is 30.6 Å². The fourth-order valence-electron chi connectivity index (χ4n) is 2.66. The Hall–Kier alpha value is -1.83. The van der Waals surface area contributed by atoms with Crippen LogP contribution in [-0.4, -0.2) is 59.1 Å². The summed E-state index contributed by atoms with van der Waals surface area (Å²) in [6, 6.07) is -1.84. The Labute approximate surface area is 116 Å². The Morgan fingerprint density at radius 1 is 1.35 bits per heavy atom. The van der Waals surface area contributed by atoms with Crippen LogP contribution in [0.2, 0.25) is 0 Å².